The summed E-state index contributed by atoms with van der Waals surface area (Å²) in [6.07, 6.45) is 0. The largest absolute Gasteiger partial charge is 0.316 e. The summed E-state index contributed by atoms with van der Waals surface area (Å²) in [5.41, 5.74) is 9.68. The van der Waals surface area contributed by atoms with Gasteiger partial charge in [-0.1, -0.05) is 158 Å². The Labute approximate surface area is 363 Å². The maximum Gasteiger partial charge on any atom is 0.220 e. The van der Waals surface area contributed by atoms with Crippen molar-refractivity contribution in [1.82, 2.24) is 9.13 Å². The van der Waals surface area contributed by atoms with Gasteiger partial charge in [0.1, 0.15) is 6.07 Å². The first-order chi connectivity index (χ1) is 30.7. The summed E-state index contributed by atoms with van der Waals surface area (Å²) in [6.45, 7) is 9.33. The molecule has 0 unspecified atom stereocenters. The van der Waals surface area contributed by atoms with E-state index in [1.54, 1.807) is 22.7 Å². The molecule has 0 spiro atoms. The number of thiophene rings is 2. The maximum atomic E-state index is 11.7. The quantitative estimate of drug-likeness (QED) is 0.163. The van der Waals surface area contributed by atoms with Crippen LogP contribution in [0.3, 0.4) is 0 Å². The Bertz CT molecular complexity index is 3930. The predicted molar refractivity (Wildman–Crippen MR) is 263 cm³/mol. The fourth-order valence-electron chi connectivity index (χ4n) is 10.1. The predicted octanol–water partition coefficient (Wildman–Crippen LogP) is 16.4. The molecule has 9 aromatic carbocycles. The Morgan fingerprint density at radius 2 is 0.855 bits per heavy atom. The van der Waals surface area contributed by atoms with Crippen molar-refractivity contribution in [3.8, 4) is 39.7 Å². The van der Waals surface area contributed by atoms with Crippen LogP contribution in [-0.4, -0.2) is 9.13 Å². The van der Waals surface area contributed by atoms with E-state index in [1.807, 2.05) is 36.4 Å². The molecule has 0 radical (unpaired) electrons. The molecule has 0 bridgehead atoms. The lowest BCUT2D eigenvalue weighted by Crippen LogP contribution is -2.08. The number of para-hydroxylation sites is 2. The second-order valence-electron chi connectivity index (χ2n) is 15.7. The highest BCUT2D eigenvalue weighted by Crippen LogP contribution is 2.54. The minimum Gasteiger partial charge on any atom is -0.316 e. The van der Waals surface area contributed by atoms with Gasteiger partial charge >= 0.3 is 0 Å². The second kappa shape index (κ2) is 13.3. The summed E-state index contributed by atoms with van der Waals surface area (Å²) in [7, 11) is 0. The van der Waals surface area contributed by atoms with Crippen LogP contribution < -0.4 is 0 Å². The highest BCUT2D eigenvalue weighted by Gasteiger charge is 2.33. The molecule has 62 heavy (non-hydrogen) atoms. The van der Waals surface area contributed by atoms with Crippen molar-refractivity contribution in [2.45, 2.75) is 0 Å². The third kappa shape index (κ3) is 4.68. The van der Waals surface area contributed by atoms with Gasteiger partial charge < -0.3 is 9.13 Å². The molecule has 0 saturated carbocycles. The zero-order valence-electron chi connectivity index (χ0n) is 32.9. The van der Waals surface area contributed by atoms with E-state index in [-0.39, 0.29) is 0 Å². The number of hydrogen-bond acceptors (Lipinski definition) is 3. The molecule has 4 nitrogen and oxygen atoms in total. The summed E-state index contributed by atoms with van der Waals surface area (Å²) >= 11 is 3.60. The van der Waals surface area contributed by atoms with Gasteiger partial charge in [0.25, 0.3) is 0 Å². The third-order valence-corrected chi connectivity index (χ3v) is 15.0. The average molecular weight is 823 g/mol. The molecular weight excluding hydrogens is 793 g/mol. The van der Waals surface area contributed by atoms with E-state index in [0.717, 1.165) is 81.1 Å². The highest BCUT2D eigenvalue weighted by molar-refractivity contribution is 7.27. The van der Waals surface area contributed by atoms with Gasteiger partial charge in [-0.15, -0.1) is 22.7 Å². The smallest absolute Gasteiger partial charge is 0.220 e. The number of fused-ring (bicyclic) bond motifs is 14. The van der Waals surface area contributed by atoms with Crippen molar-refractivity contribution in [2.75, 3.05) is 0 Å². The van der Waals surface area contributed by atoms with E-state index >= 15 is 0 Å². The van der Waals surface area contributed by atoms with Gasteiger partial charge in [0, 0.05) is 63.6 Å². The Morgan fingerprint density at radius 1 is 0.419 bits per heavy atom. The molecular formula is C56H30N4S2. The third-order valence-electron chi connectivity index (χ3n) is 12.6. The molecule has 13 aromatic rings. The highest BCUT2D eigenvalue weighted by atomic mass is 32.1. The molecule has 286 valence electrons. The van der Waals surface area contributed by atoms with Crippen LogP contribution in [0.5, 0.6) is 0 Å². The molecule has 4 aromatic heterocycles. The molecule has 0 atom stereocenters. The van der Waals surface area contributed by atoms with Crippen LogP contribution in [0.1, 0.15) is 5.56 Å². The van der Waals surface area contributed by atoms with Crippen molar-refractivity contribution >= 4 is 112 Å². The topological polar surface area (TPSA) is 38.0 Å². The van der Waals surface area contributed by atoms with Crippen LogP contribution >= 0.6 is 22.7 Å². The van der Waals surface area contributed by atoms with Crippen LogP contribution in [0.4, 0.5) is 5.69 Å². The van der Waals surface area contributed by atoms with Crippen molar-refractivity contribution in [3.05, 3.63) is 199 Å². The summed E-state index contributed by atoms with van der Waals surface area (Å²) in [4.78, 5) is 4.58. The minimum absolute atomic E-state index is 0.436. The van der Waals surface area contributed by atoms with E-state index in [0.29, 0.717) is 16.8 Å². The Kier molecular flexibility index (Phi) is 7.44. The molecule has 0 fully saturated rings. The Morgan fingerprint density at radius 3 is 1.35 bits per heavy atom. The number of rotatable bonds is 4. The fourth-order valence-corrected chi connectivity index (χ4v) is 12.5. The van der Waals surface area contributed by atoms with Gasteiger partial charge in [0.15, 0.2) is 0 Å². The number of aromatic nitrogens is 2. The molecule has 4 heterocycles. The lowest BCUT2D eigenvalue weighted by Gasteiger charge is -2.26. The minimum atomic E-state index is 0.436. The number of nitriles is 1. The number of hydrogen-bond donors (Lipinski definition) is 0. The molecule has 0 N–H and O–H groups in total. The zero-order valence-corrected chi connectivity index (χ0v) is 34.6. The first-order valence-electron chi connectivity index (χ1n) is 20.5. The van der Waals surface area contributed by atoms with Crippen molar-refractivity contribution in [1.29, 1.82) is 5.26 Å². The normalized spacial score (nSPS) is 11.8. The summed E-state index contributed by atoms with van der Waals surface area (Å²) < 4.78 is 9.46. The molecule has 13 rings (SSSR count). The fraction of sp³-hybridized carbons (Fsp3) is 0. The Hall–Kier alpha value is -8.00. The first kappa shape index (κ1) is 34.8. The lowest BCUT2D eigenvalue weighted by molar-refractivity contribution is 1.14. The second-order valence-corrected chi connectivity index (χ2v) is 17.8. The molecule has 0 aliphatic carbocycles. The van der Waals surface area contributed by atoms with Gasteiger partial charge in [-0.25, -0.2) is 4.85 Å². The van der Waals surface area contributed by atoms with Crippen LogP contribution in [0.2, 0.25) is 0 Å². The van der Waals surface area contributed by atoms with E-state index < -0.39 is 0 Å². The van der Waals surface area contributed by atoms with Crippen LogP contribution in [-0.2, 0) is 0 Å². The van der Waals surface area contributed by atoms with Crippen molar-refractivity contribution in [3.63, 3.8) is 0 Å². The van der Waals surface area contributed by atoms with Crippen LogP contribution in [0.25, 0.3) is 122 Å². The van der Waals surface area contributed by atoms with Crippen molar-refractivity contribution < 1.29 is 0 Å². The first-order valence-corrected chi connectivity index (χ1v) is 22.2. The number of nitrogens with zero attached hydrogens (tertiary/aromatic N) is 4. The van der Waals surface area contributed by atoms with E-state index in [4.69, 9.17) is 0 Å². The molecule has 0 saturated heterocycles. The molecule has 6 heteroatoms. The van der Waals surface area contributed by atoms with Gasteiger partial charge in [-0.05, 0) is 35.4 Å². The lowest BCUT2D eigenvalue weighted by atomic mass is 9.88. The monoisotopic (exact) mass is 822 g/mol. The van der Waals surface area contributed by atoms with E-state index in [1.165, 1.54) is 30.9 Å². The van der Waals surface area contributed by atoms with Gasteiger partial charge in [0.05, 0.1) is 55.0 Å². The average Bonchev–Trinajstić information content (AvgIpc) is 4.09. The summed E-state index contributed by atoms with van der Waals surface area (Å²) in [6, 6.07) is 66.6. The van der Waals surface area contributed by atoms with Gasteiger partial charge in [-0.3, -0.25) is 0 Å². The summed E-state index contributed by atoms with van der Waals surface area (Å²) in [5.74, 6) is 0. The van der Waals surface area contributed by atoms with Gasteiger partial charge in [-0.2, -0.15) is 5.26 Å². The van der Waals surface area contributed by atoms with E-state index in [2.05, 4.69) is 166 Å². The molecule has 0 aliphatic rings. The number of benzene rings is 9. The Balaban J connectivity index is 1.37. The van der Waals surface area contributed by atoms with Crippen LogP contribution in [0.15, 0.2) is 182 Å². The van der Waals surface area contributed by atoms with Crippen molar-refractivity contribution in [2.24, 2.45) is 0 Å². The summed E-state index contributed by atoms with van der Waals surface area (Å²) in [5, 5.41) is 21.0. The zero-order chi connectivity index (χ0) is 41.1. The SMILES string of the molecule is [C-]#[N+]c1c(-c2ccccc2)c(C#N)c(-n2c3ccccc3c3ccccc32)c(-c2ccccc2)c1-n1c2c(ccc3c4ccccc4sc32)c2ccc3c4ccccc4sc3c21. The molecule has 0 amide bonds. The maximum absolute atomic E-state index is 11.7. The van der Waals surface area contributed by atoms with E-state index in [9.17, 15) is 11.8 Å². The van der Waals surface area contributed by atoms with Crippen LogP contribution in [0, 0.1) is 17.9 Å². The van der Waals surface area contributed by atoms with Gasteiger partial charge in [0.2, 0.25) is 5.69 Å². The standard InChI is InChI=1S/C56H30N4S2/c1-58-50-48(33-16-4-2-5-17-33)43(32-57)51(59-44-24-12-8-20-35(44)36-21-9-13-25-45(36)59)49(34-18-6-3-7-19-34)54(50)60-52-39(28-30-41-37-22-10-14-26-46(37)61-55(41)52)40-29-31-42-38-23-11-15-27-47(38)62-56(42)53(40)60/h2-31H. The molecule has 0 aliphatic heterocycles.